The molecule has 0 bridgehead atoms. The molecule has 2 atom stereocenters. The first kappa shape index (κ1) is 47.0. The quantitative estimate of drug-likeness (QED) is 0.102. The van der Waals surface area contributed by atoms with Crippen molar-refractivity contribution in [2.75, 3.05) is 33.4 Å². The first-order valence-electron chi connectivity index (χ1n) is 19.5. The molecule has 2 aromatic heterocycles. The second kappa shape index (κ2) is 21.1. The minimum absolute atomic E-state index is 0.0932. The fourth-order valence-electron chi connectivity index (χ4n) is 7.08. The maximum Gasteiger partial charge on any atom is 0.416 e. The molecule has 3 aromatic carbocycles. The Morgan fingerprint density at radius 3 is 2.06 bits per heavy atom. The van der Waals surface area contributed by atoms with Crippen LogP contribution in [0, 0.1) is 11.6 Å². The number of carboxylic acid groups (broad SMARTS) is 2. The number of carbonyl (C=O) groups excluding carboxylic acids is 1. The summed E-state index contributed by atoms with van der Waals surface area (Å²) in [6, 6.07) is 21.0. The molecule has 1 amide bonds. The fraction of sp³-hybridized carbons (Fsp3) is 0.341. The molecule has 13 nitrogen and oxygen atoms in total. The van der Waals surface area contributed by atoms with E-state index in [0.717, 1.165) is 61.8 Å². The smallest absolute Gasteiger partial charge is 0.416 e. The van der Waals surface area contributed by atoms with E-state index in [1.807, 2.05) is 29.2 Å². The van der Waals surface area contributed by atoms with Crippen molar-refractivity contribution in [1.29, 1.82) is 0 Å². The van der Waals surface area contributed by atoms with Crippen LogP contribution in [-0.4, -0.2) is 109 Å². The van der Waals surface area contributed by atoms with Gasteiger partial charge in [0.2, 0.25) is 5.91 Å². The first-order chi connectivity index (χ1) is 29.5. The summed E-state index contributed by atoms with van der Waals surface area (Å²) in [7, 11) is 1.66. The largest absolute Gasteiger partial charge is 0.479 e. The summed E-state index contributed by atoms with van der Waals surface area (Å²) in [6.07, 6.45) is -5.68. The number of aryl methyl sites for hydroxylation is 2. The second-order valence-corrected chi connectivity index (χ2v) is 14.6. The number of carbonyl (C=O) groups is 3. The lowest BCUT2D eigenvalue weighted by molar-refractivity contribution is -0.165. The number of amides is 1. The van der Waals surface area contributed by atoms with Crippen LogP contribution in [0.15, 0.2) is 95.9 Å². The molecule has 6 rings (SSSR count). The highest BCUT2D eigenvalue weighted by atomic mass is 19.4. The molecule has 1 fully saturated rings. The summed E-state index contributed by atoms with van der Waals surface area (Å²) >= 11 is 0. The number of aliphatic carboxylic acids is 2. The van der Waals surface area contributed by atoms with Gasteiger partial charge in [0.25, 0.3) is 0 Å². The molecule has 0 spiro atoms. The molecule has 0 radical (unpaired) electrons. The predicted octanol–water partition coefficient (Wildman–Crippen LogP) is 5.16. The third kappa shape index (κ3) is 12.1. The summed E-state index contributed by atoms with van der Waals surface area (Å²) in [4.78, 5) is 55.8. The Bertz CT molecular complexity index is 2370. The van der Waals surface area contributed by atoms with Crippen molar-refractivity contribution in [2.24, 2.45) is 0 Å². The Kier molecular flexibility index (Phi) is 16.0. The topological polar surface area (TPSA) is 183 Å². The van der Waals surface area contributed by atoms with E-state index in [2.05, 4.69) is 9.88 Å². The number of methoxy groups -OCH3 is 1. The van der Waals surface area contributed by atoms with Gasteiger partial charge in [0.1, 0.15) is 12.2 Å². The third-order valence-corrected chi connectivity index (χ3v) is 10.5. The van der Waals surface area contributed by atoms with Crippen LogP contribution in [0.25, 0.3) is 22.2 Å². The molecule has 5 aromatic rings. The van der Waals surface area contributed by atoms with E-state index >= 15 is 0 Å². The number of nitrogens with zero attached hydrogens (tertiary/aromatic N) is 4. The van der Waals surface area contributed by atoms with Crippen molar-refractivity contribution in [2.45, 2.75) is 63.2 Å². The Hall–Kier alpha value is -6.08. The summed E-state index contributed by atoms with van der Waals surface area (Å²) < 4.78 is 74.8. The van der Waals surface area contributed by atoms with Crippen molar-refractivity contribution < 1.29 is 61.5 Å². The molecule has 4 N–H and O–H groups in total. The third-order valence-electron chi connectivity index (χ3n) is 10.5. The second-order valence-electron chi connectivity index (χ2n) is 14.6. The molecule has 1 aliphatic heterocycles. The van der Waals surface area contributed by atoms with Crippen molar-refractivity contribution in [3.63, 3.8) is 0 Å². The molecule has 0 saturated carbocycles. The average molecular weight is 869 g/mol. The highest BCUT2D eigenvalue weighted by molar-refractivity contribution is 5.83. The molecule has 3 heterocycles. The molecule has 0 aliphatic carbocycles. The number of pyridine rings is 2. The van der Waals surface area contributed by atoms with E-state index in [-0.39, 0.29) is 48.9 Å². The SMILES string of the molecule is COCCN1CCC(N(Cc2ccc(-c3ccc(C(F)(F)F)cc3)cc2)C(=O)Cn2c(CCc3cccc(F)c3F)cc(=O)c3cccnc32)CC1.O=C(O)C(O)C(O)C(=O)O. The number of ether oxygens (including phenoxy) is 1. The molecule has 18 heteroatoms. The number of aromatic nitrogens is 2. The van der Waals surface area contributed by atoms with E-state index in [0.29, 0.717) is 28.9 Å². The van der Waals surface area contributed by atoms with Crippen LogP contribution in [0.4, 0.5) is 22.0 Å². The van der Waals surface area contributed by atoms with Crippen LogP contribution in [0.2, 0.25) is 0 Å². The van der Waals surface area contributed by atoms with Crippen molar-refractivity contribution in [3.05, 3.63) is 135 Å². The van der Waals surface area contributed by atoms with Gasteiger partial charge in [0, 0.05) is 57.3 Å². The molecular weight excluding hydrogens is 823 g/mol. The number of halogens is 5. The lowest BCUT2D eigenvalue weighted by Gasteiger charge is -2.39. The Balaban J connectivity index is 0.000000646. The number of aliphatic hydroxyl groups excluding tert-OH is 2. The van der Waals surface area contributed by atoms with Gasteiger partial charge in [0.15, 0.2) is 29.3 Å². The zero-order valence-electron chi connectivity index (χ0n) is 33.5. The van der Waals surface area contributed by atoms with Gasteiger partial charge in [-0.25, -0.2) is 23.4 Å². The number of aliphatic hydroxyl groups is 2. The van der Waals surface area contributed by atoms with Crippen molar-refractivity contribution >= 4 is 28.9 Å². The number of rotatable bonds is 15. The maximum absolute atomic E-state index is 14.6. The zero-order chi connectivity index (χ0) is 45.1. The summed E-state index contributed by atoms with van der Waals surface area (Å²) in [5.41, 5.74) is 2.19. The van der Waals surface area contributed by atoms with Crippen LogP contribution < -0.4 is 5.43 Å². The maximum atomic E-state index is 14.6. The lowest BCUT2D eigenvalue weighted by Crippen LogP contribution is -2.48. The standard InChI is InChI=1S/C40H39F5N4O3.C4H6O6/c1-52-23-22-47-20-17-32(18-21-47)48(25-27-7-9-28(10-8-27)29-11-14-31(15-12-29)40(43,44)45)37(51)26-49-33(16-13-30-4-2-6-35(41)38(30)42)24-36(50)34-5-3-19-46-39(34)49;5-1(3(7)8)2(6)4(9)10/h2-12,14-15,19,24,32H,13,16-18,20-23,25-26H2,1H3;1-2,5-6H,(H,7,8)(H,9,10). The van der Waals surface area contributed by atoms with Crippen LogP contribution in [0.3, 0.4) is 0 Å². The Morgan fingerprint density at radius 1 is 0.871 bits per heavy atom. The Morgan fingerprint density at radius 2 is 1.48 bits per heavy atom. The van der Waals surface area contributed by atoms with Gasteiger partial charge in [-0.2, -0.15) is 13.2 Å². The number of likely N-dealkylation sites (tertiary alicyclic amines) is 1. The van der Waals surface area contributed by atoms with E-state index in [1.54, 1.807) is 30.0 Å². The number of piperidine rings is 1. The van der Waals surface area contributed by atoms with E-state index in [4.69, 9.17) is 25.2 Å². The van der Waals surface area contributed by atoms with Crippen LogP contribution in [0.1, 0.15) is 35.2 Å². The monoisotopic (exact) mass is 868 g/mol. The van der Waals surface area contributed by atoms with Crippen LogP contribution in [0.5, 0.6) is 0 Å². The number of benzene rings is 3. The normalized spacial score (nSPS) is 14.5. The van der Waals surface area contributed by atoms with Crippen LogP contribution in [-0.2, 0) is 51.2 Å². The predicted molar refractivity (Wildman–Crippen MR) is 216 cm³/mol. The molecule has 1 saturated heterocycles. The molecule has 330 valence electrons. The number of alkyl halides is 3. The van der Waals surface area contributed by atoms with Crippen LogP contribution >= 0.6 is 0 Å². The molecule has 62 heavy (non-hydrogen) atoms. The van der Waals surface area contributed by atoms with Gasteiger partial charge in [-0.3, -0.25) is 9.59 Å². The molecule has 1 aliphatic rings. The minimum Gasteiger partial charge on any atom is -0.479 e. The lowest BCUT2D eigenvalue weighted by atomic mass is 10.00. The molecular formula is C44H45F5N4O9. The average Bonchev–Trinajstić information content (AvgIpc) is 3.26. The Labute approximate surface area is 352 Å². The summed E-state index contributed by atoms with van der Waals surface area (Å²) in [6.45, 7) is 3.09. The van der Waals surface area contributed by atoms with E-state index in [9.17, 15) is 41.1 Å². The van der Waals surface area contributed by atoms with Gasteiger partial charge in [-0.05, 0) is 78.3 Å². The first-order valence-corrected chi connectivity index (χ1v) is 19.5. The van der Waals surface area contributed by atoms with E-state index < -0.39 is 47.5 Å². The number of hydrogen-bond donors (Lipinski definition) is 4. The van der Waals surface area contributed by atoms with Crippen molar-refractivity contribution in [3.8, 4) is 11.1 Å². The van der Waals surface area contributed by atoms with Gasteiger partial charge in [0.05, 0.1) is 17.6 Å². The number of carboxylic acids is 2. The number of fused-ring (bicyclic) bond motifs is 1. The highest BCUT2D eigenvalue weighted by Gasteiger charge is 2.31. The van der Waals surface area contributed by atoms with Gasteiger partial charge in [-0.15, -0.1) is 0 Å². The van der Waals surface area contributed by atoms with Gasteiger partial charge >= 0.3 is 18.1 Å². The van der Waals surface area contributed by atoms with Gasteiger partial charge < -0.3 is 39.5 Å². The van der Waals surface area contributed by atoms with Crippen molar-refractivity contribution in [1.82, 2.24) is 19.4 Å². The molecule has 2 unspecified atom stereocenters. The van der Waals surface area contributed by atoms with E-state index in [1.165, 1.54) is 30.3 Å². The highest BCUT2D eigenvalue weighted by Crippen LogP contribution is 2.31. The van der Waals surface area contributed by atoms with Gasteiger partial charge in [-0.1, -0.05) is 48.5 Å². The summed E-state index contributed by atoms with van der Waals surface area (Å²) in [5.74, 6) is -5.64. The zero-order valence-corrected chi connectivity index (χ0v) is 33.5. The summed E-state index contributed by atoms with van der Waals surface area (Å²) in [5, 5.41) is 32.9. The number of hydrogen-bond acceptors (Lipinski definition) is 9. The minimum atomic E-state index is -4.42. The fourth-order valence-corrected chi connectivity index (χ4v) is 7.08.